The number of aryl methyl sites for hydroxylation is 1. The quantitative estimate of drug-likeness (QED) is 0.846. The number of carbonyl (C=O) groups is 2. The number of rotatable bonds is 5. The van der Waals surface area contributed by atoms with E-state index in [0.717, 1.165) is 30.8 Å². The van der Waals surface area contributed by atoms with Crippen LogP contribution in [0.5, 0.6) is 0 Å². The van der Waals surface area contributed by atoms with Gasteiger partial charge in [-0.05, 0) is 38.0 Å². The molecule has 108 valence electrons. The number of hydrogen-bond acceptors (Lipinski definition) is 3. The highest BCUT2D eigenvalue weighted by Crippen LogP contribution is 2.16. The van der Waals surface area contributed by atoms with Crippen LogP contribution in [0.3, 0.4) is 0 Å². The molecule has 20 heavy (non-hydrogen) atoms. The molecule has 0 atom stereocenters. The van der Waals surface area contributed by atoms with Gasteiger partial charge in [0.25, 0.3) is 0 Å². The molecule has 2 rings (SSSR count). The van der Waals surface area contributed by atoms with Crippen molar-refractivity contribution in [3.05, 3.63) is 28.0 Å². The van der Waals surface area contributed by atoms with Crippen molar-refractivity contribution in [2.45, 2.75) is 26.2 Å². The Morgan fingerprint density at radius 3 is 2.75 bits per heavy atom. The van der Waals surface area contributed by atoms with E-state index in [2.05, 4.69) is 5.32 Å². The minimum Gasteiger partial charge on any atom is -0.352 e. The van der Waals surface area contributed by atoms with Crippen molar-refractivity contribution in [1.29, 1.82) is 0 Å². The van der Waals surface area contributed by atoms with E-state index in [4.69, 9.17) is 0 Å². The molecule has 0 bridgehead atoms. The van der Waals surface area contributed by atoms with Crippen LogP contribution in [0.25, 0.3) is 6.08 Å². The monoisotopic (exact) mass is 292 g/mol. The fraction of sp³-hybridized carbons (Fsp3) is 0.467. The Hall–Kier alpha value is -1.62. The van der Waals surface area contributed by atoms with Gasteiger partial charge in [-0.25, -0.2) is 0 Å². The van der Waals surface area contributed by atoms with E-state index < -0.39 is 0 Å². The zero-order chi connectivity index (χ0) is 14.4. The van der Waals surface area contributed by atoms with E-state index >= 15 is 0 Å². The van der Waals surface area contributed by atoms with Crippen LogP contribution in [0.15, 0.2) is 18.2 Å². The number of carbonyl (C=O) groups excluding carboxylic acids is 2. The van der Waals surface area contributed by atoms with Gasteiger partial charge in [-0.2, -0.15) is 0 Å². The molecule has 1 fully saturated rings. The maximum Gasteiger partial charge on any atom is 0.244 e. The van der Waals surface area contributed by atoms with Crippen LogP contribution < -0.4 is 5.32 Å². The second kappa shape index (κ2) is 7.24. The first-order valence-corrected chi connectivity index (χ1v) is 7.77. The number of likely N-dealkylation sites (tertiary alicyclic amines) is 1. The average Bonchev–Trinajstić information content (AvgIpc) is 3.07. The standard InChI is InChI=1S/C15H20N2O2S/c1-12-4-5-13(20-12)6-7-14(18)16-9-8-15(19)17-10-2-3-11-17/h4-7H,2-3,8-11H2,1H3,(H,16,18)/b7-6+. The van der Waals surface area contributed by atoms with Crippen LogP contribution in [0.2, 0.25) is 0 Å². The maximum absolute atomic E-state index is 11.8. The maximum atomic E-state index is 11.8. The second-order valence-electron chi connectivity index (χ2n) is 4.91. The van der Waals surface area contributed by atoms with Crippen LogP contribution in [0.4, 0.5) is 0 Å². The molecule has 1 saturated heterocycles. The molecule has 1 aliphatic heterocycles. The number of hydrogen-bond donors (Lipinski definition) is 1. The van der Waals surface area contributed by atoms with Crippen LogP contribution >= 0.6 is 11.3 Å². The Morgan fingerprint density at radius 2 is 2.10 bits per heavy atom. The summed E-state index contributed by atoms with van der Waals surface area (Å²) in [5.74, 6) is -0.00839. The predicted octanol–water partition coefficient (Wildman–Crippen LogP) is 2.20. The molecule has 0 unspecified atom stereocenters. The highest BCUT2D eigenvalue weighted by atomic mass is 32.1. The van der Waals surface area contributed by atoms with Gasteiger partial charge in [-0.15, -0.1) is 11.3 Å². The Bertz CT molecular complexity index is 502. The molecule has 0 aliphatic carbocycles. The first-order chi connectivity index (χ1) is 9.65. The lowest BCUT2D eigenvalue weighted by Gasteiger charge is -2.14. The van der Waals surface area contributed by atoms with Gasteiger partial charge in [-0.3, -0.25) is 9.59 Å². The molecular formula is C15H20N2O2S. The zero-order valence-corrected chi connectivity index (χ0v) is 12.5. The first kappa shape index (κ1) is 14.8. The van der Waals surface area contributed by atoms with Crippen LogP contribution in [-0.2, 0) is 9.59 Å². The summed E-state index contributed by atoms with van der Waals surface area (Å²) in [7, 11) is 0. The van der Waals surface area contributed by atoms with E-state index in [-0.39, 0.29) is 11.8 Å². The molecule has 0 aromatic carbocycles. The molecule has 2 heterocycles. The van der Waals surface area contributed by atoms with Gasteiger partial charge in [0.05, 0.1) is 0 Å². The summed E-state index contributed by atoms with van der Waals surface area (Å²) >= 11 is 1.65. The van der Waals surface area contributed by atoms with E-state index in [1.807, 2.05) is 24.0 Å². The normalized spacial score (nSPS) is 14.9. The largest absolute Gasteiger partial charge is 0.352 e. The summed E-state index contributed by atoms with van der Waals surface area (Å²) in [6.07, 6.45) is 5.90. The summed E-state index contributed by atoms with van der Waals surface area (Å²) in [5.41, 5.74) is 0. The van der Waals surface area contributed by atoms with Gasteiger partial charge in [0.2, 0.25) is 11.8 Å². The summed E-state index contributed by atoms with van der Waals surface area (Å²) in [4.78, 5) is 27.5. The Labute approximate surface area is 123 Å². The van der Waals surface area contributed by atoms with E-state index in [1.54, 1.807) is 17.4 Å². The van der Waals surface area contributed by atoms with E-state index in [0.29, 0.717) is 13.0 Å². The highest BCUT2D eigenvalue weighted by Gasteiger charge is 2.17. The third-order valence-electron chi connectivity index (χ3n) is 3.26. The first-order valence-electron chi connectivity index (χ1n) is 6.95. The van der Waals surface area contributed by atoms with Gasteiger partial charge in [0.15, 0.2) is 0 Å². The molecule has 0 radical (unpaired) electrons. The van der Waals surface area contributed by atoms with Crippen LogP contribution in [0.1, 0.15) is 29.0 Å². The minimum atomic E-state index is -0.148. The summed E-state index contributed by atoms with van der Waals surface area (Å²) < 4.78 is 0. The van der Waals surface area contributed by atoms with Crippen molar-refractivity contribution in [2.24, 2.45) is 0 Å². The third kappa shape index (κ3) is 4.49. The number of thiophene rings is 1. The minimum absolute atomic E-state index is 0.140. The van der Waals surface area contributed by atoms with Crippen molar-refractivity contribution < 1.29 is 9.59 Å². The molecule has 4 nitrogen and oxygen atoms in total. The number of nitrogens with zero attached hydrogens (tertiary/aromatic N) is 1. The summed E-state index contributed by atoms with van der Waals surface area (Å²) in [5, 5.41) is 2.75. The van der Waals surface area contributed by atoms with Crippen molar-refractivity contribution in [1.82, 2.24) is 10.2 Å². The van der Waals surface area contributed by atoms with Gasteiger partial charge < -0.3 is 10.2 Å². The SMILES string of the molecule is Cc1ccc(/C=C/C(=O)NCCC(=O)N2CCCC2)s1. The molecule has 0 spiro atoms. The second-order valence-corrected chi connectivity index (χ2v) is 6.23. The van der Waals surface area contributed by atoms with Crippen molar-refractivity contribution in [3.8, 4) is 0 Å². The van der Waals surface area contributed by atoms with Crippen molar-refractivity contribution in [2.75, 3.05) is 19.6 Å². The lowest BCUT2D eigenvalue weighted by atomic mass is 10.3. The molecule has 1 aromatic rings. The Morgan fingerprint density at radius 1 is 1.35 bits per heavy atom. The van der Waals surface area contributed by atoms with Crippen molar-refractivity contribution in [3.63, 3.8) is 0 Å². The number of amides is 2. The molecule has 1 N–H and O–H groups in total. The summed E-state index contributed by atoms with van der Waals surface area (Å²) in [6.45, 7) is 4.17. The number of nitrogens with one attached hydrogen (secondary N) is 1. The molecule has 1 aromatic heterocycles. The lowest BCUT2D eigenvalue weighted by Crippen LogP contribution is -2.32. The third-order valence-corrected chi connectivity index (χ3v) is 4.22. The van der Waals surface area contributed by atoms with E-state index in [1.165, 1.54) is 11.0 Å². The van der Waals surface area contributed by atoms with Gasteiger partial charge in [-0.1, -0.05) is 0 Å². The van der Waals surface area contributed by atoms with Gasteiger partial charge >= 0.3 is 0 Å². The molecule has 0 saturated carbocycles. The average molecular weight is 292 g/mol. The highest BCUT2D eigenvalue weighted by molar-refractivity contribution is 7.12. The summed E-state index contributed by atoms with van der Waals surface area (Å²) in [6, 6.07) is 4.01. The smallest absolute Gasteiger partial charge is 0.244 e. The van der Waals surface area contributed by atoms with Crippen LogP contribution in [-0.4, -0.2) is 36.3 Å². The van der Waals surface area contributed by atoms with Crippen molar-refractivity contribution >= 4 is 29.2 Å². The van der Waals surface area contributed by atoms with Crippen LogP contribution in [0, 0.1) is 6.92 Å². The molecule has 5 heteroatoms. The van der Waals surface area contributed by atoms with Gasteiger partial charge in [0, 0.05) is 41.9 Å². The fourth-order valence-corrected chi connectivity index (χ4v) is 2.96. The molecule has 1 aliphatic rings. The Balaban J connectivity index is 1.67. The Kier molecular flexibility index (Phi) is 5.35. The van der Waals surface area contributed by atoms with Gasteiger partial charge in [0.1, 0.15) is 0 Å². The fourth-order valence-electron chi connectivity index (χ4n) is 2.18. The van der Waals surface area contributed by atoms with E-state index in [9.17, 15) is 9.59 Å². The molecule has 2 amide bonds. The zero-order valence-electron chi connectivity index (χ0n) is 11.7. The topological polar surface area (TPSA) is 49.4 Å². The predicted molar refractivity (Wildman–Crippen MR) is 81.5 cm³/mol. The molecular weight excluding hydrogens is 272 g/mol. The lowest BCUT2D eigenvalue weighted by molar-refractivity contribution is -0.130.